The fourth-order valence-electron chi connectivity index (χ4n) is 5.19. The van der Waals surface area contributed by atoms with Crippen molar-refractivity contribution < 1.29 is 18.3 Å². The third kappa shape index (κ3) is 3.51. The average Bonchev–Trinajstić information content (AvgIpc) is 3.01. The zero-order valence-corrected chi connectivity index (χ0v) is 18.2. The Morgan fingerprint density at radius 3 is 2.06 bits per heavy atom. The molecular weight excluding hydrogens is 416 g/mol. The number of carbonyl (C=O) groups is 1. The molecule has 0 radical (unpaired) electrons. The van der Waals surface area contributed by atoms with Crippen molar-refractivity contribution in [1.29, 1.82) is 0 Å². The Balaban J connectivity index is 1.39. The van der Waals surface area contributed by atoms with E-state index in [1.165, 1.54) is 11.2 Å². The number of nitrogens with zero attached hydrogens (tertiary/aromatic N) is 4. The molecule has 9 heteroatoms. The summed E-state index contributed by atoms with van der Waals surface area (Å²) in [6, 6.07) is 16.3. The quantitative estimate of drug-likeness (QED) is 0.787. The number of anilines is 4. The van der Waals surface area contributed by atoms with Crippen molar-refractivity contribution in [3.63, 3.8) is 0 Å². The van der Waals surface area contributed by atoms with Crippen LogP contribution in [0.2, 0.25) is 0 Å². The van der Waals surface area contributed by atoms with Gasteiger partial charge in [-0.3, -0.25) is 4.90 Å². The van der Waals surface area contributed by atoms with Crippen LogP contribution >= 0.6 is 0 Å². The minimum atomic E-state index is -3.16. The topological polar surface area (TPSA) is 84.4 Å². The van der Waals surface area contributed by atoms with Crippen LogP contribution in [0.1, 0.15) is 12.8 Å². The lowest BCUT2D eigenvalue weighted by Gasteiger charge is -2.41. The maximum atomic E-state index is 12.0. The van der Waals surface area contributed by atoms with Gasteiger partial charge in [0.15, 0.2) is 0 Å². The highest BCUT2D eigenvalue weighted by molar-refractivity contribution is 7.88. The SMILES string of the molecule is CS(=O)(=O)N1CC2CCC(C1)N2c1ccc(N2CCN(C(=O)O)c3ccccc32)cc1. The van der Waals surface area contributed by atoms with Crippen LogP contribution < -0.4 is 14.7 Å². The zero-order valence-electron chi connectivity index (χ0n) is 17.4. The summed E-state index contributed by atoms with van der Waals surface area (Å²) >= 11 is 0. The predicted molar refractivity (Wildman–Crippen MR) is 121 cm³/mol. The number of piperazine rings is 1. The maximum Gasteiger partial charge on any atom is 0.411 e. The number of benzene rings is 2. The van der Waals surface area contributed by atoms with Crippen LogP contribution in [-0.4, -0.2) is 68.4 Å². The standard InChI is InChI=1S/C22H26N4O4S/c1-31(29,30)23-14-18-10-11-19(15-23)26(18)17-8-6-16(7-9-17)24-12-13-25(22(27)28)21-5-3-2-4-20(21)24/h2-9,18-19H,10-15H2,1H3,(H,27,28). The third-order valence-corrected chi connectivity index (χ3v) is 7.85. The molecule has 0 aliphatic carbocycles. The summed E-state index contributed by atoms with van der Waals surface area (Å²) in [5.74, 6) is 0. The second kappa shape index (κ2) is 7.42. The second-order valence-electron chi connectivity index (χ2n) is 8.46. The summed E-state index contributed by atoms with van der Waals surface area (Å²) in [6.45, 7) is 2.08. The molecule has 2 saturated heterocycles. The van der Waals surface area contributed by atoms with Crippen molar-refractivity contribution in [1.82, 2.24) is 4.31 Å². The van der Waals surface area contributed by atoms with Crippen LogP contribution in [0.15, 0.2) is 48.5 Å². The van der Waals surface area contributed by atoms with Crippen molar-refractivity contribution in [2.75, 3.05) is 47.1 Å². The zero-order chi connectivity index (χ0) is 21.8. The molecule has 1 N–H and O–H groups in total. The molecule has 1 amide bonds. The smallest absolute Gasteiger partial charge is 0.411 e. The molecule has 0 saturated carbocycles. The normalized spacial score (nSPS) is 23.7. The highest BCUT2D eigenvalue weighted by Crippen LogP contribution is 2.40. The van der Waals surface area contributed by atoms with Crippen LogP contribution in [0.25, 0.3) is 0 Å². The van der Waals surface area contributed by atoms with Crippen LogP contribution in [0.3, 0.4) is 0 Å². The van der Waals surface area contributed by atoms with Gasteiger partial charge in [0.2, 0.25) is 10.0 Å². The molecule has 3 aliphatic heterocycles. The first-order chi connectivity index (χ1) is 14.8. The van der Waals surface area contributed by atoms with Gasteiger partial charge in [-0.1, -0.05) is 12.1 Å². The van der Waals surface area contributed by atoms with Crippen LogP contribution in [0.4, 0.5) is 27.5 Å². The van der Waals surface area contributed by atoms with E-state index < -0.39 is 16.1 Å². The van der Waals surface area contributed by atoms with Crippen molar-refractivity contribution in [3.8, 4) is 0 Å². The molecule has 2 atom stereocenters. The highest BCUT2D eigenvalue weighted by atomic mass is 32.2. The highest BCUT2D eigenvalue weighted by Gasteiger charge is 2.42. The molecule has 2 unspecified atom stereocenters. The van der Waals surface area contributed by atoms with E-state index in [0.29, 0.717) is 31.9 Å². The molecule has 0 spiro atoms. The van der Waals surface area contributed by atoms with Gasteiger partial charge in [0.1, 0.15) is 0 Å². The minimum absolute atomic E-state index is 0.208. The van der Waals surface area contributed by atoms with Gasteiger partial charge in [-0.25, -0.2) is 13.2 Å². The summed E-state index contributed by atoms with van der Waals surface area (Å²) in [5.41, 5.74) is 3.70. The first kappa shape index (κ1) is 20.1. The predicted octanol–water partition coefficient (Wildman–Crippen LogP) is 2.94. The van der Waals surface area contributed by atoms with Crippen LogP contribution in [0, 0.1) is 0 Å². The summed E-state index contributed by atoms with van der Waals surface area (Å²) in [4.78, 5) is 17.5. The Labute approximate surface area is 182 Å². The molecular formula is C22H26N4O4S. The number of para-hydroxylation sites is 2. The van der Waals surface area contributed by atoms with Crippen LogP contribution in [-0.2, 0) is 10.0 Å². The van der Waals surface area contributed by atoms with E-state index in [4.69, 9.17) is 0 Å². The molecule has 2 aromatic carbocycles. The Morgan fingerprint density at radius 2 is 1.48 bits per heavy atom. The van der Waals surface area contributed by atoms with Crippen molar-refractivity contribution in [3.05, 3.63) is 48.5 Å². The maximum absolute atomic E-state index is 12.0. The largest absolute Gasteiger partial charge is 0.465 e. The fourth-order valence-corrected chi connectivity index (χ4v) is 6.08. The Hall–Kier alpha value is -2.78. The molecule has 3 aliphatic rings. The van der Waals surface area contributed by atoms with E-state index in [2.05, 4.69) is 34.1 Å². The van der Waals surface area contributed by atoms with E-state index >= 15 is 0 Å². The van der Waals surface area contributed by atoms with Gasteiger partial charge >= 0.3 is 6.09 Å². The lowest BCUT2D eigenvalue weighted by atomic mass is 10.1. The van der Waals surface area contributed by atoms with Crippen molar-refractivity contribution >= 4 is 38.9 Å². The number of sulfonamides is 1. The Kier molecular flexibility index (Phi) is 4.82. The number of rotatable bonds is 3. The van der Waals surface area contributed by atoms with Gasteiger partial charge in [-0.05, 0) is 49.2 Å². The van der Waals surface area contributed by atoms with Gasteiger partial charge in [0.05, 0.1) is 17.6 Å². The van der Waals surface area contributed by atoms with E-state index in [9.17, 15) is 18.3 Å². The second-order valence-corrected chi connectivity index (χ2v) is 10.4. The molecule has 3 heterocycles. The third-order valence-electron chi connectivity index (χ3n) is 6.62. The minimum Gasteiger partial charge on any atom is -0.465 e. The molecule has 2 aromatic rings. The monoisotopic (exact) mass is 442 g/mol. The van der Waals surface area contributed by atoms with Crippen molar-refractivity contribution in [2.45, 2.75) is 24.9 Å². The molecule has 5 rings (SSSR count). The number of amides is 1. The van der Waals surface area contributed by atoms with Gasteiger partial charge in [-0.15, -0.1) is 0 Å². The van der Waals surface area contributed by atoms with E-state index in [1.54, 1.807) is 4.31 Å². The molecule has 2 bridgehead atoms. The van der Waals surface area contributed by atoms with Gasteiger partial charge in [0.25, 0.3) is 0 Å². The number of fused-ring (bicyclic) bond motifs is 3. The lowest BCUT2D eigenvalue weighted by Crippen LogP contribution is -2.55. The molecule has 31 heavy (non-hydrogen) atoms. The molecule has 0 aromatic heterocycles. The summed E-state index contributed by atoms with van der Waals surface area (Å²) in [7, 11) is -3.16. The average molecular weight is 443 g/mol. The Morgan fingerprint density at radius 1 is 0.903 bits per heavy atom. The van der Waals surface area contributed by atoms with Gasteiger partial charge < -0.3 is 14.9 Å². The fraction of sp³-hybridized carbons (Fsp3) is 0.409. The number of hydrogen-bond donors (Lipinski definition) is 1. The van der Waals surface area contributed by atoms with Gasteiger partial charge in [0, 0.05) is 49.6 Å². The van der Waals surface area contributed by atoms with Crippen LogP contribution in [0.5, 0.6) is 0 Å². The lowest BCUT2D eigenvalue weighted by molar-refractivity contribution is 0.201. The summed E-state index contributed by atoms with van der Waals surface area (Å²) < 4.78 is 25.6. The Bertz CT molecular complexity index is 1090. The summed E-state index contributed by atoms with van der Waals surface area (Å²) in [6.07, 6.45) is 2.36. The van der Waals surface area contributed by atoms with Crippen molar-refractivity contribution in [2.24, 2.45) is 0 Å². The van der Waals surface area contributed by atoms with E-state index in [1.807, 2.05) is 24.3 Å². The van der Waals surface area contributed by atoms with E-state index in [0.717, 1.165) is 29.9 Å². The summed E-state index contributed by atoms with van der Waals surface area (Å²) in [5, 5.41) is 9.51. The first-order valence-corrected chi connectivity index (χ1v) is 12.4. The van der Waals surface area contributed by atoms with E-state index in [-0.39, 0.29) is 12.1 Å². The van der Waals surface area contributed by atoms with Gasteiger partial charge in [-0.2, -0.15) is 4.31 Å². The molecule has 8 nitrogen and oxygen atoms in total. The number of carboxylic acid groups (broad SMARTS) is 1. The number of hydrogen-bond acceptors (Lipinski definition) is 5. The molecule has 2 fully saturated rings. The first-order valence-electron chi connectivity index (χ1n) is 10.5. The molecule has 164 valence electrons.